The maximum atomic E-state index is 12.5. The van der Waals surface area contributed by atoms with Gasteiger partial charge in [-0.25, -0.2) is 4.98 Å². The van der Waals surface area contributed by atoms with Crippen molar-refractivity contribution >= 4 is 0 Å². The molecule has 7 heteroatoms. The number of rotatable bonds is 4. The highest BCUT2D eigenvalue weighted by atomic mass is 19.4. The molecule has 1 aliphatic carbocycles. The van der Waals surface area contributed by atoms with Crippen molar-refractivity contribution in [3.05, 3.63) is 12.2 Å². The van der Waals surface area contributed by atoms with E-state index < -0.39 is 12.1 Å². The maximum Gasteiger partial charge on any atom is 0.391 e. The molecule has 0 bridgehead atoms. The number of nitrogens with one attached hydrogen (secondary N) is 2. The zero-order valence-corrected chi connectivity index (χ0v) is 10.0. The van der Waals surface area contributed by atoms with Crippen LogP contribution >= 0.6 is 0 Å². The zero-order chi connectivity index (χ0) is 13.0. The summed E-state index contributed by atoms with van der Waals surface area (Å²) in [7, 11) is 0. The van der Waals surface area contributed by atoms with Gasteiger partial charge in [-0.05, 0) is 25.7 Å². The molecule has 1 heterocycles. The Morgan fingerprint density at radius 2 is 2.00 bits per heavy atom. The number of alkyl halides is 3. The first-order valence-corrected chi connectivity index (χ1v) is 6.20. The van der Waals surface area contributed by atoms with E-state index in [0.29, 0.717) is 12.8 Å². The minimum absolute atomic E-state index is 0.200. The third-order valence-electron chi connectivity index (χ3n) is 3.45. The Kier molecular flexibility index (Phi) is 4.21. The van der Waals surface area contributed by atoms with Gasteiger partial charge in [0, 0.05) is 19.0 Å². The average molecular weight is 262 g/mol. The molecule has 0 radical (unpaired) electrons. The highest BCUT2D eigenvalue weighted by Gasteiger charge is 2.41. The van der Waals surface area contributed by atoms with Crippen molar-refractivity contribution in [2.45, 2.75) is 44.3 Å². The Bertz CT molecular complexity index is 342. The average Bonchev–Trinajstić information content (AvgIpc) is 2.82. The Balaban J connectivity index is 1.65. The van der Waals surface area contributed by atoms with Crippen LogP contribution in [0.15, 0.2) is 6.33 Å². The lowest BCUT2D eigenvalue weighted by Crippen LogP contribution is -2.37. The summed E-state index contributed by atoms with van der Waals surface area (Å²) in [5.74, 6) is -0.309. The fraction of sp³-hybridized carbons (Fsp3) is 0.818. The van der Waals surface area contributed by atoms with Gasteiger partial charge in [-0.2, -0.15) is 18.3 Å². The van der Waals surface area contributed by atoms with E-state index in [1.165, 1.54) is 6.33 Å². The summed E-state index contributed by atoms with van der Waals surface area (Å²) in [5, 5.41) is 9.76. The molecule has 18 heavy (non-hydrogen) atoms. The molecule has 2 rings (SSSR count). The molecule has 1 aromatic rings. The lowest BCUT2D eigenvalue weighted by atomic mass is 9.85. The number of aromatic nitrogens is 3. The van der Waals surface area contributed by atoms with Crippen molar-refractivity contribution in [3.63, 3.8) is 0 Å². The molecule has 1 saturated carbocycles. The van der Waals surface area contributed by atoms with Crippen molar-refractivity contribution in [2.75, 3.05) is 6.54 Å². The Morgan fingerprint density at radius 3 is 2.56 bits per heavy atom. The van der Waals surface area contributed by atoms with E-state index in [2.05, 4.69) is 20.5 Å². The lowest BCUT2D eigenvalue weighted by Gasteiger charge is -2.30. The Hall–Kier alpha value is -1.11. The first-order valence-electron chi connectivity index (χ1n) is 6.20. The molecule has 0 spiro atoms. The van der Waals surface area contributed by atoms with Gasteiger partial charge in [-0.15, -0.1) is 0 Å². The molecule has 102 valence electrons. The Labute approximate surface area is 103 Å². The molecule has 1 aromatic heterocycles. The largest absolute Gasteiger partial charge is 0.391 e. The van der Waals surface area contributed by atoms with Crippen LogP contribution in [0, 0.1) is 5.92 Å². The van der Waals surface area contributed by atoms with Gasteiger partial charge in [0.2, 0.25) is 0 Å². The number of H-pyrrole nitrogens is 1. The van der Waals surface area contributed by atoms with E-state index in [1.54, 1.807) is 0 Å². The quantitative estimate of drug-likeness (QED) is 0.873. The lowest BCUT2D eigenvalue weighted by molar-refractivity contribution is -0.182. The van der Waals surface area contributed by atoms with Crippen molar-refractivity contribution < 1.29 is 13.2 Å². The van der Waals surface area contributed by atoms with E-state index in [4.69, 9.17) is 0 Å². The minimum Gasteiger partial charge on any atom is -0.314 e. The topological polar surface area (TPSA) is 53.6 Å². The predicted octanol–water partition coefficient (Wildman–Crippen LogP) is 2.06. The van der Waals surface area contributed by atoms with Crippen LogP contribution in [0.3, 0.4) is 0 Å². The van der Waals surface area contributed by atoms with Crippen LogP contribution in [0.1, 0.15) is 31.5 Å². The van der Waals surface area contributed by atoms with Crippen molar-refractivity contribution in [2.24, 2.45) is 5.92 Å². The fourth-order valence-corrected chi connectivity index (χ4v) is 2.37. The van der Waals surface area contributed by atoms with Gasteiger partial charge in [-0.1, -0.05) is 0 Å². The third kappa shape index (κ3) is 3.69. The summed E-state index contributed by atoms with van der Waals surface area (Å²) in [6, 6.07) is 0.200. The summed E-state index contributed by atoms with van der Waals surface area (Å²) in [5.41, 5.74) is 0. The molecule has 0 saturated heterocycles. The number of hydrogen-bond acceptors (Lipinski definition) is 3. The second-order valence-corrected chi connectivity index (χ2v) is 4.73. The standard InChI is InChI=1S/C11H17F3N4/c12-11(13,14)8-1-3-9(4-2-8)15-6-5-10-16-7-17-18-10/h7-9,15H,1-6H2,(H,16,17,18). The van der Waals surface area contributed by atoms with Crippen LogP contribution in [-0.4, -0.2) is 33.9 Å². The van der Waals surface area contributed by atoms with Crippen LogP contribution < -0.4 is 5.32 Å². The molecular formula is C11H17F3N4. The summed E-state index contributed by atoms with van der Waals surface area (Å²) < 4.78 is 37.4. The minimum atomic E-state index is -4.02. The van der Waals surface area contributed by atoms with Gasteiger partial charge in [0.25, 0.3) is 0 Å². The highest BCUT2D eigenvalue weighted by Crippen LogP contribution is 2.37. The van der Waals surface area contributed by atoms with Crippen molar-refractivity contribution in [1.82, 2.24) is 20.5 Å². The van der Waals surface area contributed by atoms with Crippen molar-refractivity contribution in [3.8, 4) is 0 Å². The molecule has 0 amide bonds. The van der Waals surface area contributed by atoms with Crippen LogP contribution in [0.25, 0.3) is 0 Å². The van der Waals surface area contributed by atoms with Gasteiger partial charge < -0.3 is 5.32 Å². The molecule has 0 atom stereocenters. The van der Waals surface area contributed by atoms with Gasteiger partial charge in [0.05, 0.1) is 5.92 Å². The van der Waals surface area contributed by atoms with E-state index in [0.717, 1.165) is 18.8 Å². The predicted molar refractivity (Wildman–Crippen MR) is 59.9 cm³/mol. The van der Waals surface area contributed by atoms with E-state index in [1.807, 2.05) is 0 Å². The normalized spacial score (nSPS) is 25.3. The number of hydrogen-bond donors (Lipinski definition) is 2. The summed E-state index contributed by atoms with van der Waals surface area (Å²) in [6.45, 7) is 0.719. The first kappa shape index (κ1) is 13.3. The van der Waals surface area contributed by atoms with Crippen LogP contribution in [0.4, 0.5) is 13.2 Å². The van der Waals surface area contributed by atoms with Crippen LogP contribution in [0.5, 0.6) is 0 Å². The van der Waals surface area contributed by atoms with Gasteiger partial charge >= 0.3 is 6.18 Å². The molecule has 0 unspecified atom stereocenters. The van der Waals surface area contributed by atoms with Gasteiger partial charge in [0.1, 0.15) is 12.2 Å². The molecule has 4 nitrogen and oxygen atoms in total. The number of halogens is 3. The SMILES string of the molecule is FC(F)(F)C1CCC(NCCc2ncn[nH]2)CC1. The maximum absolute atomic E-state index is 12.5. The van der Waals surface area contributed by atoms with E-state index in [9.17, 15) is 13.2 Å². The number of nitrogens with zero attached hydrogens (tertiary/aromatic N) is 2. The molecular weight excluding hydrogens is 245 g/mol. The van der Waals surface area contributed by atoms with Gasteiger partial charge in [0.15, 0.2) is 0 Å². The Morgan fingerprint density at radius 1 is 1.28 bits per heavy atom. The summed E-state index contributed by atoms with van der Waals surface area (Å²) in [6.07, 6.45) is -0.179. The molecule has 2 N–H and O–H groups in total. The van der Waals surface area contributed by atoms with Crippen LogP contribution in [0.2, 0.25) is 0 Å². The highest BCUT2D eigenvalue weighted by molar-refractivity contribution is 4.84. The van der Waals surface area contributed by atoms with Crippen LogP contribution in [-0.2, 0) is 6.42 Å². The molecule has 1 fully saturated rings. The third-order valence-corrected chi connectivity index (χ3v) is 3.45. The fourth-order valence-electron chi connectivity index (χ4n) is 2.37. The first-order chi connectivity index (χ1) is 8.55. The summed E-state index contributed by atoms with van der Waals surface area (Å²) >= 11 is 0. The van der Waals surface area contributed by atoms with E-state index >= 15 is 0 Å². The number of aromatic amines is 1. The molecule has 0 aromatic carbocycles. The van der Waals surface area contributed by atoms with Crippen molar-refractivity contribution in [1.29, 1.82) is 0 Å². The second kappa shape index (κ2) is 5.69. The summed E-state index contributed by atoms with van der Waals surface area (Å²) in [4.78, 5) is 3.99. The monoisotopic (exact) mass is 262 g/mol. The molecule has 1 aliphatic rings. The van der Waals surface area contributed by atoms with E-state index in [-0.39, 0.29) is 18.9 Å². The molecule has 0 aliphatic heterocycles. The smallest absolute Gasteiger partial charge is 0.314 e. The zero-order valence-electron chi connectivity index (χ0n) is 10.0. The second-order valence-electron chi connectivity index (χ2n) is 4.73. The van der Waals surface area contributed by atoms with Gasteiger partial charge in [-0.3, -0.25) is 5.10 Å².